The number of likely N-dealkylation sites (tertiary alicyclic amines) is 1. The van der Waals surface area contributed by atoms with Crippen molar-refractivity contribution in [2.45, 2.75) is 32.7 Å². The monoisotopic (exact) mass is 310 g/mol. The molecule has 1 unspecified atom stereocenters. The molecular formula is C19H22N2O2. The molecule has 0 radical (unpaired) electrons. The second kappa shape index (κ2) is 6.82. The van der Waals surface area contributed by atoms with E-state index in [1.54, 1.807) is 6.07 Å². The Morgan fingerprint density at radius 2 is 2.04 bits per heavy atom. The van der Waals surface area contributed by atoms with Gasteiger partial charge in [0.2, 0.25) is 0 Å². The van der Waals surface area contributed by atoms with E-state index in [1.165, 1.54) is 0 Å². The van der Waals surface area contributed by atoms with Crippen molar-refractivity contribution in [1.82, 2.24) is 9.88 Å². The third kappa shape index (κ3) is 3.36. The fourth-order valence-electron chi connectivity index (χ4n) is 3.12. The van der Waals surface area contributed by atoms with Crippen LogP contribution in [0.25, 0.3) is 0 Å². The van der Waals surface area contributed by atoms with Gasteiger partial charge in [-0.05, 0) is 56.5 Å². The summed E-state index contributed by atoms with van der Waals surface area (Å²) >= 11 is 0. The number of rotatable bonds is 4. The van der Waals surface area contributed by atoms with Crippen molar-refractivity contribution in [3.63, 3.8) is 0 Å². The smallest absolute Gasteiger partial charge is 0.272 e. The number of amides is 1. The Morgan fingerprint density at radius 1 is 1.26 bits per heavy atom. The molecule has 1 aliphatic heterocycles. The quantitative estimate of drug-likeness (QED) is 0.863. The van der Waals surface area contributed by atoms with Gasteiger partial charge in [0.15, 0.2) is 0 Å². The highest BCUT2D eigenvalue weighted by atomic mass is 16.5. The zero-order chi connectivity index (χ0) is 16.2. The van der Waals surface area contributed by atoms with Gasteiger partial charge in [0.25, 0.3) is 5.91 Å². The molecule has 0 aliphatic carbocycles. The molecule has 4 heteroatoms. The van der Waals surface area contributed by atoms with Crippen LogP contribution in [0.3, 0.4) is 0 Å². The maximum absolute atomic E-state index is 12.8. The SMILES string of the molecule is CCOc1ccc(C2CCCN2C(=O)c2cccc(C)n2)cc1. The van der Waals surface area contributed by atoms with Crippen LogP contribution in [0.2, 0.25) is 0 Å². The van der Waals surface area contributed by atoms with Crippen LogP contribution >= 0.6 is 0 Å². The number of benzene rings is 1. The largest absolute Gasteiger partial charge is 0.494 e. The van der Waals surface area contributed by atoms with Gasteiger partial charge in [-0.3, -0.25) is 4.79 Å². The van der Waals surface area contributed by atoms with Gasteiger partial charge in [-0.1, -0.05) is 18.2 Å². The standard InChI is InChI=1S/C19H22N2O2/c1-3-23-16-11-9-15(10-12-16)18-8-5-13-21(18)19(22)17-7-4-6-14(2)20-17/h4,6-7,9-12,18H,3,5,8,13H2,1-2H3. The lowest BCUT2D eigenvalue weighted by Crippen LogP contribution is -2.31. The number of ether oxygens (including phenoxy) is 1. The molecule has 1 atom stereocenters. The number of hydrogen-bond donors (Lipinski definition) is 0. The Bertz CT molecular complexity index is 682. The Hall–Kier alpha value is -2.36. The summed E-state index contributed by atoms with van der Waals surface area (Å²) in [6, 6.07) is 13.8. The van der Waals surface area contributed by atoms with Gasteiger partial charge in [-0.25, -0.2) is 4.98 Å². The summed E-state index contributed by atoms with van der Waals surface area (Å²) in [4.78, 5) is 19.1. The summed E-state index contributed by atoms with van der Waals surface area (Å²) in [5, 5.41) is 0. The van der Waals surface area contributed by atoms with Crippen LogP contribution in [0, 0.1) is 6.92 Å². The minimum Gasteiger partial charge on any atom is -0.494 e. The Morgan fingerprint density at radius 3 is 2.74 bits per heavy atom. The van der Waals surface area contributed by atoms with Gasteiger partial charge in [0.1, 0.15) is 11.4 Å². The molecule has 1 fully saturated rings. The first-order valence-electron chi connectivity index (χ1n) is 8.16. The highest BCUT2D eigenvalue weighted by molar-refractivity contribution is 5.92. The zero-order valence-corrected chi connectivity index (χ0v) is 13.7. The van der Waals surface area contributed by atoms with Crippen molar-refractivity contribution in [2.24, 2.45) is 0 Å². The first-order valence-corrected chi connectivity index (χ1v) is 8.16. The molecule has 1 aliphatic rings. The lowest BCUT2D eigenvalue weighted by atomic mass is 10.0. The number of aryl methyl sites for hydroxylation is 1. The molecule has 0 saturated carbocycles. The molecule has 0 bridgehead atoms. The van der Waals surface area contributed by atoms with Crippen molar-refractivity contribution >= 4 is 5.91 Å². The zero-order valence-electron chi connectivity index (χ0n) is 13.7. The van der Waals surface area contributed by atoms with Gasteiger partial charge in [0.05, 0.1) is 12.6 Å². The molecular weight excluding hydrogens is 288 g/mol. The van der Waals surface area contributed by atoms with E-state index in [1.807, 2.05) is 43.0 Å². The number of carbonyl (C=O) groups is 1. The maximum atomic E-state index is 12.8. The number of nitrogens with zero attached hydrogens (tertiary/aromatic N) is 2. The van der Waals surface area contributed by atoms with Crippen molar-refractivity contribution in [2.75, 3.05) is 13.2 Å². The molecule has 2 aromatic rings. The minimum absolute atomic E-state index is 0.0186. The Labute approximate surface area is 137 Å². The van der Waals surface area contributed by atoms with Gasteiger partial charge >= 0.3 is 0 Å². The molecule has 2 heterocycles. The topological polar surface area (TPSA) is 42.4 Å². The molecule has 0 N–H and O–H groups in total. The summed E-state index contributed by atoms with van der Waals surface area (Å²) in [5.74, 6) is 0.887. The van der Waals surface area contributed by atoms with Crippen molar-refractivity contribution in [3.05, 3.63) is 59.4 Å². The molecule has 120 valence electrons. The summed E-state index contributed by atoms with van der Waals surface area (Å²) in [6.07, 6.45) is 2.01. The molecule has 0 spiro atoms. The number of hydrogen-bond acceptors (Lipinski definition) is 3. The van der Waals surface area contributed by atoms with Crippen LogP contribution in [0.5, 0.6) is 5.75 Å². The second-order valence-electron chi connectivity index (χ2n) is 5.82. The van der Waals surface area contributed by atoms with Crippen LogP contribution in [-0.4, -0.2) is 28.9 Å². The van der Waals surface area contributed by atoms with Crippen LogP contribution in [0.15, 0.2) is 42.5 Å². The van der Waals surface area contributed by atoms with Crippen LogP contribution in [0.4, 0.5) is 0 Å². The van der Waals surface area contributed by atoms with Gasteiger partial charge < -0.3 is 9.64 Å². The van der Waals surface area contributed by atoms with Crippen molar-refractivity contribution in [1.29, 1.82) is 0 Å². The van der Waals surface area contributed by atoms with E-state index >= 15 is 0 Å². The van der Waals surface area contributed by atoms with Gasteiger partial charge in [-0.15, -0.1) is 0 Å². The number of pyridine rings is 1. The summed E-state index contributed by atoms with van der Waals surface area (Å²) in [6.45, 7) is 5.32. The number of aromatic nitrogens is 1. The minimum atomic E-state index is 0.0186. The average molecular weight is 310 g/mol. The van der Waals surface area contributed by atoms with E-state index in [9.17, 15) is 4.79 Å². The highest BCUT2D eigenvalue weighted by Crippen LogP contribution is 2.33. The number of carbonyl (C=O) groups excluding carboxylic acids is 1. The normalized spacial score (nSPS) is 17.3. The third-order valence-corrected chi connectivity index (χ3v) is 4.20. The second-order valence-corrected chi connectivity index (χ2v) is 5.82. The van der Waals surface area contributed by atoms with E-state index in [2.05, 4.69) is 17.1 Å². The summed E-state index contributed by atoms with van der Waals surface area (Å²) in [5.41, 5.74) is 2.56. The van der Waals surface area contributed by atoms with E-state index in [-0.39, 0.29) is 11.9 Å². The van der Waals surface area contributed by atoms with Crippen molar-refractivity contribution in [3.8, 4) is 5.75 Å². The predicted molar refractivity (Wildman–Crippen MR) is 89.6 cm³/mol. The van der Waals surface area contributed by atoms with Gasteiger partial charge in [0, 0.05) is 12.2 Å². The lowest BCUT2D eigenvalue weighted by molar-refractivity contribution is 0.0729. The molecule has 1 saturated heterocycles. The van der Waals surface area contributed by atoms with E-state index in [0.717, 1.165) is 36.4 Å². The molecule has 23 heavy (non-hydrogen) atoms. The molecule has 3 rings (SSSR count). The first-order chi connectivity index (χ1) is 11.2. The fraction of sp³-hybridized carbons (Fsp3) is 0.368. The average Bonchev–Trinajstić information content (AvgIpc) is 3.05. The lowest BCUT2D eigenvalue weighted by Gasteiger charge is -2.25. The predicted octanol–water partition coefficient (Wildman–Crippen LogP) is 3.77. The van der Waals surface area contributed by atoms with Crippen LogP contribution < -0.4 is 4.74 Å². The summed E-state index contributed by atoms with van der Waals surface area (Å²) < 4.78 is 5.49. The first kappa shape index (κ1) is 15.5. The van der Waals surface area contributed by atoms with E-state index in [4.69, 9.17) is 4.74 Å². The van der Waals surface area contributed by atoms with Gasteiger partial charge in [-0.2, -0.15) is 0 Å². The summed E-state index contributed by atoms with van der Waals surface area (Å²) in [7, 11) is 0. The van der Waals surface area contributed by atoms with E-state index in [0.29, 0.717) is 12.3 Å². The van der Waals surface area contributed by atoms with Crippen molar-refractivity contribution < 1.29 is 9.53 Å². The molecule has 1 aromatic heterocycles. The fourth-order valence-corrected chi connectivity index (χ4v) is 3.12. The molecule has 1 aromatic carbocycles. The molecule has 1 amide bonds. The Balaban J connectivity index is 1.81. The van der Waals surface area contributed by atoms with Crippen LogP contribution in [-0.2, 0) is 0 Å². The highest BCUT2D eigenvalue weighted by Gasteiger charge is 2.31. The van der Waals surface area contributed by atoms with Crippen LogP contribution in [0.1, 0.15) is 47.6 Å². The molecule has 4 nitrogen and oxygen atoms in total. The third-order valence-electron chi connectivity index (χ3n) is 4.20. The Kier molecular flexibility index (Phi) is 4.60. The van der Waals surface area contributed by atoms with E-state index < -0.39 is 0 Å². The maximum Gasteiger partial charge on any atom is 0.272 e.